The molecule has 0 spiro atoms. The number of ether oxygens (including phenoxy) is 2. The van der Waals surface area contributed by atoms with E-state index >= 15 is 0 Å². The average Bonchev–Trinajstić information content (AvgIpc) is 3.03. The van der Waals surface area contributed by atoms with Crippen LogP contribution < -0.4 is 10.6 Å². The number of amides is 1. The van der Waals surface area contributed by atoms with Gasteiger partial charge >= 0.3 is 6.09 Å². The maximum Gasteiger partial charge on any atom is 0.410 e. The summed E-state index contributed by atoms with van der Waals surface area (Å²) in [5, 5.41) is 0. The third-order valence-electron chi connectivity index (χ3n) is 4.67. The lowest BCUT2D eigenvalue weighted by atomic mass is 10.00. The van der Waals surface area contributed by atoms with Gasteiger partial charge in [-0.15, -0.1) is 0 Å². The van der Waals surface area contributed by atoms with Crippen LogP contribution >= 0.6 is 0 Å². The number of hydrogen-bond donors (Lipinski definition) is 1. The number of likely N-dealkylation sites (tertiary alicyclic amines) is 1. The molecule has 0 aliphatic carbocycles. The fraction of sp³-hybridized carbons (Fsp3) is 0.632. The third-order valence-corrected chi connectivity index (χ3v) is 4.67. The summed E-state index contributed by atoms with van der Waals surface area (Å²) in [6, 6.07) is 6.01. The van der Waals surface area contributed by atoms with Gasteiger partial charge in [0.1, 0.15) is 5.60 Å². The van der Waals surface area contributed by atoms with Crippen LogP contribution in [0.15, 0.2) is 18.2 Å². The third kappa shape index (κ3) is 4.00. The van der Waals surface area contributed by atoms with Crippen LogP contribution in [0.2, 0.25) is 0 Å². The number of carbonyl (C=O) groups excluding carboxylic acids is 1. The minimum absolute atomic E-state index is 0.0104. The first-order chi connectivity index (χ1) is 11.9. The van der Waals surface area contributed by atoms with Crippen LogP contribution in [0.4, 0.5) is 16.2 Å². The van der Waals surface area contributed by atoms with Gasteiger partial charge in [0.15, 0.2) is 0 Å². The maximum atomic E-state index is 12.7. The number of anilines is 2. The summed E-state index contributed by atoms with van der Waals surface area (Å²) in [7, 11) is 0. The van der Waals surface area contributed by atoms with Crippen LogP contribution in [-0.2, 0) is 9.47 Å². The number of rotatable bonds is 2. The molecule has 138 valence electrons. The molecule has 2 aliphatic rings. The monoisotopic (exact) mass is 347 g/mol. The molecule has 0 aromatic heterocycles. The van der Waals surface area contributed by atoms with E-state index in [-0.39, 0.29) is 12.1 Å². The van der Waals surface area contributed by atoms with Crippen molar-refractivity contribution in [1.82, 2.24) is 4.90 Å². The van der Waals surface area contributed by atoms with Crippen LogP contribution in [0.3, 0.4) is 0 Å². The number of carbonyl (C=O) groups is 1. The molecule has 2 fully saturated rings. The predicted octanol–water partition coefficient (Wildman–Crippen LogP) is 3.18. The molecule has 1 unspecified atom stereocenters. The molecule has 1 atom stereocenters. The van der Waals surface area contributed by atoms with Crippen LogP contribution in [0.25, 0.3) is 0 Å². The number of benzene rings is 1. The van der Waals surface area contributed by atoms with Crippen molar-refractivity contribution in [2.45, 2.75) is 45.3 Å². The van der Waals surface area contributed by atoms with Gasteiger partial charge in [-0.05, 0) is 39.7 Å². The molecule has 1 aromatic carbocycles. The Hall–Kier alpha value is -1.95. The Morgan fingerprint density at radius 2 is 1.96 bits per heavy atom. The van der Waals surface area contributed by atoms with E-state index < -0.39 is 5.60 Å². The van der Waals surface area contributed by atoms with Crippen molar-refractivity contribution in [3.63, 3.8) is 0 Å². The van der Waals surface area contributed by atoms with E-state index in [1.54, 1.807) is 0 Å². The van der Waals surface area contributed by atoms with Crippen LogP contribution in [0.1, 0.15) is 45.2 Å². The number of morpholine rings is 1. The zero-order chi connectivity index (χ0) is 18.0. The predicted molar refractivity (Wildman–Crippen MR) is 98.8 cm³/mol. The van der Waals surface area contributed by atoms with Gasteiger partial charge in [0.25, 0.3) is 0 Å². The van der Waals surface area contributed by atoms with E-state index in [0.29, 0.717) is 13.2 Å². The molecule has 25 heavy (non-hydrogen) atoms. The van der Waals surface area contributed by atoms with E-state index in [1.807, 2.05) is 37.8 Å². The molecule has 0 saturated carbocycles. The lowest BCUT2D eigenvalue weighted by molar-refractivity contribution is 0.0224. The van der Waals surface area contributed by atoms with E-state index in [0.717, 1.165) is 49.4 Å². The summed E-state index contributed by atoms with van der Waals surface area (Å²) in [6.45, 7) is 9.46. The van der Waals surface area contributed by atoms with Gasteiger partial charge in [0.05, 0.1) is 30.6 Å². The van der Waals surface area contributed by atoms with Crippen LogP contribution in [0.5, 0.6) is 0 Å². The van der Waals surface area contributed by atoms with Gasteiger partial charge in [0.2, 0.25) is 0 Å². The van der Waals surface area contributed by atoms with Crippen molar-refractivity contribution < 1.29 is 14.3 Å². The van der Waals surface area contributed by atoms with Gasteiger partial charge < -0.3 is 25.0 Å². The second kappa shape index (κ2) is 7.12. The SMILES string of the molecule is CC(C)(C)OC(=O)N1CCCC1c1cccc(N)c1N1CCOCC1. The van der Waals surface area contributed by atoms with E-state index in [9.17, 15) is 4.79 Å². The molecule has 6 heteroatoms. The Morgan fingerprint density at radius 3 is 2.64 bits per heavy atom. The van der Waals surface area contributed by atoms with Gasteiger partial charge in [-0.2, -0.15) is 0 Å². The van der Waals surface area contributed by atoms with Crippen molar-refractivity contribution in [2.24, 2.45) is 0 Å². The van der Waals surface area contributed by atoms with E-state index in [2.05, 4.69) is 11.0 Å². The summed E-state index contributed by atoms with van der Waals surface area (Å²) in [6.07, 6.45) is 1.66. The molecule has 0 radical (unpaired) electrons. The molecule has 1 amide bonds. The van der Waals surface area contributed by atoms with Crippen molar-refractivity contribution in [2.75, 3.05) is 43.5 Å². The van der Waals surface area contributed by atoms with Gasteiger partial charge in [-0.25, -0.2) is 4.79 Å². The maximum absolute atomic E-state index is 12.7. The fourth-order valence-corrected chi connectivity index (χ4v) is 3.63. The molecule has 2 aliphatic heterocycles. The zero-order valence-corrected chi connectivity index (χ0v) is 15.5. The Bertz CT molecular complexity index is 621. The van der Waals surface area contributed by atoms with Crippen molar-refractivity contribution in [3.8, 4) is 0 Å². The lowest BCUT2D eigenvalue weighted by Crippen LogP contribution is -2.39. The van der Waals surface area contributed by atoms with Crippen molar-refractivity contribution in [3.05, 3.63) is 23.8 Å². The second-order valence-corrected chi connectivity index (χ2v) is 7.72. The first-order valence-corrected chi connectivity index (χ1v) is 9.07. The minimum Gasteiger partial charge on any atom is -0.444 e. The van der Waals surface area contributed by atoms with Gasteiger partial charge in [-0.1, -0.05) is 12.1 Å². The highest BCUT2D eigenvalue weighted by molar-refractivity contribution is 5.75. The van der Waals surface area contributed by atoms with E-state index in [4.69, 9.17) is 15.2 Å². The molecule has 3 rings (SSSR count). The van der Waals surface area contributed by atoms with Crippen molar-refractivity contribution in [1.29, 1.82) is 0 Å². The largest absolute Gasteiger partial charge is 0.444 e. The molecular formula is C19H29N3O3. The highest BCUT2D eigenvalue weighted by Gasteiger charge is 2.35. The van der Waals surface area contributed by atoms with Crippen molar-refractivity contribution >= 4 is 17.5 Å². The van der Waals surface area contributed by atoms with E-state index in [1.165, 1.54) is 0 Å². The highest BCUT2D eigenvalue weighted by Crippen LogP contribution is 2.40. The number of nitrogens with zero attached hydrogens (tertiary/aromatic N) is 2. The number of nitrogen functional groups attached to an aromatic ring is 1. The molecule has 1 aromatic rings. The number of hydrogen-bond acceptors (Lipinski definition) is 5. The highest BCUT2D eigenvalue weighted by atomic mass is 16.6. The quantitative estimate of drug-likeness (QED) is 0.832. The Kier molecular flexibility index (Phi) is 5.08. The zero-order valence-electron chi connectivity index (χ0n) is 15.5. The molecule has 2 heterocycles. The Labute approximate surface area is 149 Å². The second-order valence-electron chi connectivity index (χ2n) is 7.72. The normalized spacial score (nSPS) is 21.5. The lowest BCUT2D eigenvalue weighted by Gasteiger charge is -2.35. The molecule has 2 saturated heterocycles. The smallest absolute Gasteiger partial charge is 0.410 e. The van der Waals surface area contributed by atoms with Gasteiger partial charge in [0, 0.05) is 25.2 Å². The van der Waals surface area contributed by atoms with Crippen LogP contribution in [-0.4, -0.2) is 49.4 Å². The number of nitrogens with two attached hydrogens (primary N) is 1. The summed E-state index contributed by atoms with van der Waals surface area (Å²) < 4.78 is 11.1. The molecule has 6 nitrogen and oxygen atoms in total. The number of para-hydroxylation sites is 1. The summed E-state index contributed by atoms with van der Waals surface area (Å²) in [5.41, 5.74) is 8.76. The standard InChI is InChI=1S/C19H29N3O3/c1-19(2,3)25-18(23)22-9-5-8-16(22)14-6-4-7-15(20)17(14)21-10-12-24-13-11-21/h4,6-7,16H,5,8-13,20H2,1-3H3. The summed E-state index contributed by atoms with van der Waals surface area (Å²) in [5.74, 6) is 0. The molecule has 0 bridgehead atoms. The summed E-state index contributed by atoms with van der Waals surface area (Å²) in [4.78, 5) is 16.8. The Balaban J connectivity index is 1.89. The Morgan fingerprint density at radius 1 is 1.24 bits per heavy atom. The first kappa shape index (κ1) is 17.9. The average molecular weight is 347 g/mol. The first-order valence-electron chi connectivity index (χ1n) is 9.07. The van der Waals surface area contributed by atoms with Gasteiger partial charge in [-0.3, -0.25) is 0 Å². The van der Waals surface area contributed by atoms with Crippen LogP contribution in [0, 0.1) is 0 Å². The summed E-state index contributed by atoms with van der Waals surface area (Å²) >= 11 is 0. The fourth-order valence-electron chi connectivity index (χ4n) is 3.63. The molecular weight excluding hydrogens is 318 g/mol. The minimum atomic E-state index is -0.493. The topological polar surface area (TPSA) is 68.0 Å². The molecule has 2 N–H and O–H groups in total.